The second-order valence-electron chi connectivity index (χ2n) is 4.16. The van der Waals surface area contributed by atoms with Gasteiger partial charge in [0.1, 0.15) is 11.6 Å². The third-order valence-electron chi connectivity index (χ3n) is 2.86. The van der Waals surface area contributed by atoms with Crippen LogP contribution in [0, 0.1) is 18.6 Å². The average molecular weight is 312 g/mol. The lowest BCUT2D eigenvalue weighted by atomic mass is 9.98. The van der Waals surface area contributed by atoms with E-state index >= 15 is 0 Å². The van der Waals surface area contributed by atoms with E-state index in [0.29, 0.717) is 15.6 Å². The summed E-state index contributed by atoms with van der Waals surface area (Å²) in [6.45, 7) is 1.69. The van der Waals surface area contributed by atoms with E-state index in [1.807, 2.05) is 0 Å². The van der Waals surface area contributed by atoms with Crippen molar-refractivity contribution in [1.82, 2.24) is 0 Å². The lowest BCUT2D eigenvalue weighted by molar-refractivity contribution is 0.613. The van der Waals surface area contributed by atoms with Crippen LogP contribution in [0.15, 0.2) is 40.9 Å². The summed E-state index contributed by atoms with van der Waals surface area (Å²) in [5.74, 6) is -0.634. The van der Waals surface area contributed by atoms with Gasteiger partial charge in [0.15, 0.2) is 0 Å². The van der Waals surface area contributed by atoms with Crippen molar-refractivity contribution in [2.24, 2.45) is 5.73 Å². The van der Waals surface area contributed by atoms with Crippen LogP contribution in [0.4, 0.5) is 8.78 Å². The minimum atomic E-state index is -0.475. The smallest absolute Gasteiger partial charge is 0.137 e. The van der Waals surface area contributed by atoms with Crippen LogP contribution in [-0.2, 0) is 0 Å². The first-order valence-corrected chi connectivity index (χ1v) is 6.25. The molecule has 94 valence electrons. The Kier molecular flexibility index (Phi) is 3.78. The largest absolute Gasteiger partial charge is 0.320 e. The highest BCUT2D eigenvalue weighted by molar-refractivity contribution is 9.10. The fourth-order valence-electron chi connectivity index (χ4n) is 1.70. The fraction of sp³-hybridized carbons (Fsp3) is 0.143. The van der Waals surface area contributed by atoms with E-state index in [1.54, 1.807) is 31.2 Å². The molecule has 2 N–H and O–H groups in total. The number of rotatable bonds is 2. The van der Waals surface area contributed by atoms with E-state index in [1.165, 1.54) is 12.1 Å². The van der Waals surface area contributed by atoms with Crippen LogP contribution in [-0.4, -0.2) is 0 Å². The van der Waals surface area contributed by atoms with Gasteiger partial charge in [0, 0.05) is 0 Å². The molecule has 2 aromatic carbocycles. The van der Waals surface area contributed by atoms with Crippen molar-refractivity contribution in [2.45, 2.75) is 13.0 Å². The first kappa shape index (κ1) is 13.2. The van der Waals surface area contributed by atoms with Crippen molar-refractivity contribution in [3.8, 4) is 0 Å². The van der Waals surface area contributed by atoms with Crippen molar-refractivity contribution >= 4 is 15.9 Å². The molecule has 0 aliphatic heterocycles. The van der Waals surface area contributed by atoms with E-state index in [9.17, 15) is 8.78 Å². The Labute approximate surface area is 113 Å². The summed E-state index contributed by atoms with van der Waals surface area (Å²) in [6, 6.07) is 8.95. The molecule has 0 saturated heterocycles. The molecule has 0 radical (unpaired) electrons. The van der Waals surface area contributed by atoms with E-state index < -0.39 is 6.04 Å². The monoisotopic (exact) mass is 311 g/mol. The lowest BCUT2D eigenvalue weighted by Gasteiger charge is -2.14. The molecular weight excluding hydrogens is 300 g/mol. The second kappa shape index (κ2) is 5.16. The summed E-state index contributed by atoms with van der Waals surface area (Å²) >= 11 is 3.11. The minimum absolute atomic E-state index is 0.288. The van der Waals surface area contributed by atoms with E-state index in [-0.39, 0.29) is 11.6 Å². The minimum Gasteiger partial charge on any atom is -0.320 e. The number of benzene rings is 2. The molecule has 0 aliphatic carbocycles. The standard InChI is InChI=1S/C14H12BrF2N/c1-8-2-3-10(7-13(8)17)14(18)9-4-5-12(16)11(15)6-9/h2-7,14H,18H2,1H3. The van der Waals surface area contributed by atoms with Gasteiger partial charge in [-0.05, 0) is 57.7 Å². The van der Waals surface area contributed by atoms with Gasteiger partial charge in [-0.2, -0.15) is 0 Å². The third-order valence-corrected chi connectivity index (χ3v) is 3.47. The van der Waals surface area contributed by atoms with Gasteiger partial charge < -0.3 is 5.73 Å². The Morgan fingerprint density at radius 1 is 1.00 bits per heavy atom. The molecule has 0 amide bonds. The van der Waals surface area contributed by atoms with Gasteiger partial charge in [-0.3, -0.25) is 0 Å². The second-order valence-corrected chi connectivity index (χ2v) is 5.01. The number of hydrogen-bond acceptors (Lipinski definition) is 1. The van der Waals surface area contributed by atoms with Crippen LogP contribution in [0.3, 0.4) is 0 Å². The van der Waals surface area contributed by atoms with Gasteiger partial charge >= 0.3 is 0 Å². The van der Waals surface area contributed by atoms with Crippen molar-refractivity contribution in [3.05, 3.63) is 69.2 Å². The van der Waals surface area contributed by atoms with Gasteiger partial charge in [-0.1, -0.05) is 18.2 Å². The summed E-state index contributed by atoms with van der Waals surface area (Å²) in [5.41, 5.74) is 8.01. The Morgan fingerprint density at radius 2 is 1.61 bits per heavy atom. The van der Waals surface area contributed by atoms with Crippen LogP contribution < -0.4 is 5.73 Å². The Hall–Kier alpha value is -1.26. The number of aryl methyl sites for hydroxylation is 1. The summed E-state index contributed by atoms with van der Waals surface area (Å²) in [6.07, 6.45) is 0. The van der Waals surface area contributed by atoms with Crippen molar-refractivity contribution in [2.75, 3.05) is 0 Å². The number of hydrogen-bond donors (Lipinski definition) is 1. The molecule has 2 rings (SSSR count). The first-order valence-electron chi connectivity index (χ1n) is 5.45. The molecule has 0 saturated carbocycles. The highest BCUT2D eigenvalue weighted by Crippen LogP contribution is 2.25. The first-order chi connectivity index (χ1) is 8.49. The number of nitrogens with two attached hydrogens (primary N) is 1. The van der Waals surface area contributed by atoms with Gasteiger partial charge in [0.2, 0.25) is 0 Å². The summed E-state index contributed by atoms with van der Waals surface area (Å²) in [4.78, 5) is 0. The normalized spacial score (nSPS) is 12.5. The molecule has 1 unspecified atom stereocenters. The predicted octanol–water partition coefficient (Wildman–Crippen LogP) is 4.08. The highest BCUT2D eigenvalue weighted by Gasteiger charge is 2.12. The highest BCUT2D eigenvalue weighted by atomic mass is 79.9. The molecule has 2 aromatic rings. The van der Waals surface area contributed by atoms with Crippen LogP contribution in [0.2, 0.25) is 0 Å². The molecule has 0 bridgehead atoms. The Bertz CT molecular complexity index is 533. The fourth-order valence-corrected chi connectivity index (χ4v) is 2.10. The average Bonchev–Trinajstić information content (AvgIpc) is 2.35. The molecule has 0 heterocycles. The summed E-state index contributed by atoms with van der Waals surface area (Å²) < 4.78 is 27.0. The summed E-state index contributed by atoms with van der Waals surface area (Å²) in [5, 5.41) is 0. The molecule has 0 aliphatic rings. The van der Waals surface area contributed by atoms with Gasteiger partial charge in [-0.25, -0.2) is 8.78 Å². The quantitative estimate of drug-likeness (QED) is 0.888. The van der Waals surface area contributed by atoms with E-state index in [4.69, 9.17) is 5.73 Å². The molecular formula is C14H12BrF2N. The molecule has 1 atom stereocenters. The Balaban J connectivity index is 2.37. The molecule has 0 aromatic heterocycles. The van der Waals surface area contributed by atoms with Crippen molar-refractivity contribution in [3.63, 3.8) is 0 Å². The zero-order chi connectivity index (χ0) is 13.3. The molecule has 0 fully saturated rings. The maximum absolute atomic E-state index is 13.5. The molecule has 0 spiro atoms. The van der Waals surface area contributed by atoms with Crippen LogP contribution >= 0.6 is 15.9 Å². The zero-order valence-corrected chi connectivity index (χ0v) is 11.3. The van der Waals surface area contributed by atoms with Crippen LogP contribution in [0.1, 0.15) is 22.7 Å². The van der Waals surface area contributed by atoms with Crippen LogP contribution in [0.25, 0.3) is 0 Å². The van der Waals surface area contributed by atoms with Crippen molar-refractivity contribution in [1.29, 1.82) is 0 Å². The Morgan fingerprint density at radius 3 is 2.22 bits per heavy atom. The number of halogens is 3. The molecule has 4 heteroatoms. The SMILES string of the molecule is Cc1ccc(C(N)c2ccc(F)c(Br)c2)cc1F. The predicted molar refractivity (Wildman–Crippen MR) is 71.3 cm³/mol. The van der Waals surface area contributed by atoms with Gasteiger partial charge in [0.05, 0.1) is 10.5 Å². The topological polar surface area (TPSA) is 26.0 Å². The molecule has 18 heavy (non-hydrogen) atoms. The third kappa shape index (κ3) is 2.60. The maximum atomic E-state index is 13.5. The zero-order valence-electron chi connectivity index (χ0n) is 9.75. The van der Waals surface area contributed by atoms with Crippen LogP contribution in [0.5, 0.6) is 0 Å². The molecule has 1 nitrogen and oxygen atoms in total. The summed E-state index contributed by atoms with van der Waals surface area (Å²) in [7, 11) is 0. The van der Waals surface area contributed by atoms with Gasteiger partial charge in [-0.15, -0.1) is 0 Å². The maximum Gasteiger partial charge on any atom is 0.137 e. The van der Waals surface area contributed by atoms with Gasteiger partial charge in [0.25, 0.3) is 0 Å². The van der Waals surface area contributed by atoms with Crippen molar-refractivity contribution < 1.29 is 8.78 Å². The van der Waals surface area contributed by atoms with E-state index in [0.717, 1.165) is 5.56 Å². The lowest BCUT2D eigenvalue weighted by Crippen LogP contribution is -2.12. The van der Waals surface area contributed by atoms with E-state index in [2.05, 4.69) is 15.9 Å².